The van der Waals surface area contributed by atoms with Crippen LogP contribution in [0.3, 0.4) is 0 Å². The lowest BCUT2D eigenvalue weighted by Crippen LogP contribution is -2.23. The highest BCUT2D eigenvalue weighted by Crippen LogP contribution is 2.34. The van der Waals surface area contributed by atoms with Crippen LogP contribution in [0.4, 0.5) is 0 Å². The lowest BCUT2D eigenvalue weighted by Gasteiger charge is -2.21. The molecule has 0 spiro atoms. The van der Waals surface area contributed by atoms with E-state index < -0.39 is 5.31 Å². The molecule has 0 aromatic rings. The predicted octanol–water partition coefficient (Wildman–Crippen LogP) is 2.70. The van der Waals surface area contributed by atoms with Gasteiger partial charge in [0.1, 0.15) is 0 Å². The highest BCUT2D eigenvalue weighted by Gasteiger charge is 2.28. The van der Waals surface area contributed by atoms with Crippen molar-refractivity contribution in [3.63, 3.8) is 0 Å². The minimum Gasteiger partial charge on any atom is -0.111 e. The zero-order chi connectivity index (χ0) is 6.04. The van der Waals surface area contributed by atoms with Gasteiger partial charge in [-0.05, 0) is 11.7 Å². The maximum Gasteiger partial charge on any atom is 0.198 e. The Morgan fingerprint density at radius 3 is 2.38 bits per heavy atom. The normalized spacial score (nSPS) is 27.8. The summed E-state index contributed by atoms with van der Waals surface area (Å²) in [5, 5.41) is -0.953. The third-order valence-corrected chi connectivity index (χ3v) is 13.6. The molecule has 0 atom stereocenters. The van der Waals surface area contributed by atoms with Gasteiger partial charge in [0.2, 0.25) is 0 Å². The maximum atomic E-state index is 3.75. The summed E-state index contributed by atoms with van der Waals surface area (Å²) in [6, 6.07) is 2.91. The Morgan fingerprint density at radius 1 is 1.38 bits per heavy atom. The SMILES string of the molecule is Br[Si]1(Br)CCC[Si]C1. The van der Waals surface area contributed by atoms with Crippen LogP contribution >= 0.6 is 30.6 Å². The van der Waals surface area contributed by atoms with Crippen LogP contribution in [-0.2, 0) is 0 Å². The average molecular weight is 272 g/mol. The third kappa shape index (κ3) is 2.33. The standard InChI is InChI=1S/C4H8Br2Si2/c5-8(6)3-1-2-7-4-8/h1-4H2. The fraction of sp³-hybridized carbons (Fsp3) is 1.00. The van der Waals surface area contributed by atoms with E-state index in [0.717, 1.165) is 0 Å². The highest BCUT2D eigenvalue weighted by atomic mass is 79.9. The van der Waals surface area contributed by atoms with Crippen LogP contribution in [0.5, 0.6) is 0 Å². The van der Waals surface area contributed by atoms with Crippen molar-refractivity contribution in [1.29, 1.82) is 0 Å². The minimum atomic E-state index is -0.953. The van der Waals surface area contributed by atoms with E-state index in [1.54, 1.807) is 0 Å². The third-order valence-electron chi connectivity index (χ3n) is 1.28. The molecule has 0 aliphatic carbocycles. The number of halogens is 2. The second kappa shape index (κ2) is 2.99. The lowest BCUT2D eigenvalue weighted by atomic mass is 10.6. The summed E-state index contributed by atoms with van der Waals surface area (Å²) in [7, 11) is 1.22. The second-order valence-electron chi connectivity index (χ2n) is 2.14. The summed E-state index contributed by atoms with van der Waals surface area (Å²) in [6.45, 7) is 0. The van der Waals surface area contributed by atoms with E-state index in [1.807, 2.05) is 0 Å². The van der Waals surface area contributed by atoms with Crippen LogP contribution in [0.1, 0.15) is 6.42 Å². The Hall–Kier alpha value is 1.39. The quantitative estimate of drug-likeness (QED) is 0.470. The molecule has 0 unspecified atom stereocenters. The van der Waals surface area contributed by atoms with Gasteiger partial charge in [-0.3, -0.25) is 0 Å². The van der Waals surface area contributed by atoms with Crippen molar-refractivity contribution in [2.75, 3.05) is 0 Å². The zero-order valence-electron chi connectivity index (χ0n) is 4.58. The molecule has 0 aromatic carbocycles. The van der Waals surface area contributed by atoms with Crippen LogP contribution in [0.25, 0.3) is 0 Å². The van der Waals surface area contributed by atoms with Crippen molar-refractivity contribution in [2.45, 2.75) is 24.2 Å². The van der Waals surface area contributed by atoms with Crippen LogP contribution in [0, 0.1) is 0 Å². The van der Waals surface area contributed by atoms with Crippen molar-refractivity contribution < 1.29 is 0 Å². The van der Waals surface area contributed by atoms with Gasteiger partial charge in [0, 0.05) is 9.52 Å². The summed E-state index contributed by atoms with van der Waals surface area (Å²) in [5.41, 5.74) is 1.45. The molecule has 0 aromatic heterocycles. The van der Waals surface area contributed by atoms with Gasteiger partial charge < -0.3 is 0 Å². The average Bonchev–Trinajstić information content (AvgIpc) is 1.65. The fourth-order valence-electron chi connectivity index (χ4n) is 0.832. The van der Waals surface area contributed by atoms with E-state index in [4.69, 9.17) is 0 Å². The van der Waals surface area contributed by atoms with Crippen LogP contribution in [-0.4, -0.2) is 14.8 Å². The first-order valence-corrected chi connectivity index (χ1v) is 11.1. The first-order chi connectivity index (χ1) is 3.71. The van der Waals surface area contributed by atoms with Crippen LogP contribution < -0.4 is 0 Å². The van der Waals surface area contributed by atoms with Crippen molar-refractivity contribution in [1.82, 2.24) is 0 Å². The first kappa shape index (κ1) is 7.50. The molecular formula is C4H8Br2Si2. The molecule has 1 aliphatic rings. The van der Waals surface area contributed by atoms with Gasteiger partial charge in [0.05, 0.1) is 0 Å². The summed E-state index contributed by atoms with van der Waals surface area (Å²) in [4.78, 5) is 0. The van der Waals surface area contributed by atoms with Gasteiger partial charge in [-0.2, -0.15) is 0 Å². The van der Waals surface area contributed by atoms with Gasteiger partial charge in [-0.1, -0.05) is 12.5 Å². The zero-order valence-corrected chi connectivity index (χ0v) is 9.76. The van der Waals surface area contributed by atoms with Crippen molar-refractivity contribution in [3.8, 4) is 0 Å². The molecule has 1 aliphatic heterocycles. The van der Waals surface area contributed by atoms with Crippen molar-refractivity contribution in [2.24, 2.45) is 0 Å². The molecule has 0 amide bonds. The second-order valence-corrected chi connectivity index (χ2v) is 19.1. The molecule has 1 rings (SSSR count). The first-order valence-electron chi connectivity index (χ1n) is 2.79. The van der Waals surface area contributed by atoms with Gasteiger partial charge >= 0.3 is 0 Å². The van der Waals surface area contributed by atoms with E-state index in [-0.39, 0.29) is 0 Å². The number of hydrogen-bond acceptors (Lipinski definition) is 0. The Labute approximate surface area is 69.4 Å². The predicted molar refractivity (Wildman–Crippen MR) is 48.4 cm³/mol. The van der Waals surface area contributed by atoms with E-state index in [9.17, 15) is 0 Å². The number of hydrogen-bond donors (Lipinski definition) is 0. The molecule has 0 saturated carbocycles. The molecule has 46 valence electrons. The Kier molecular flexibility index (Phi) is 2.80. The Bertz CT molecular complexity index is 76.1. The minimum absolute atomic E-state index is 0.953. The maximum absolute atomic E-state index is 3.75. The van der Waals surface area contributed by atoms with Gasteiger partial charge in [-0.25, -0.2) is 0 Å². The lowest BCUT2D eigenvalue weighted by molar-refractivity contribution is 1.04. The van der Waals surface area contributed by atoms with Crippen LogP contribution in [0.2, 0.25) is 17.8 Å². The van der Waals surface area contributed by atoms with Crippen molar-refractivity contribution >= 4 is 45.4 Å². The summed E-state index contributed by atoms with van der Waals surface area (Å²) in [5.74, 6) is 0. The molecule has 4 heteroatoms. The Morgan fingerprint density at radius 2 is 2.12 bits per heavy atom. The topological polar surface area (TPSA) is 0 Å². The summed E-state index contributed by atoms with van der Waals surface area (Å²) < 4.78 is 0. The van der Waals surface area contributed by atoms with Gasteiger partial charge in [0.25, 0.3) is 0 Å². The molecule has 2 radical (unpaired) electrons. The summed E-state index contributed by atoms with van der Waals surface area (Å²) in [6.07, 6.45) is 1.45. The molecular weight excluding hydrogens is 264 g/mol. The highest BCUT2D eigenvalue weighted by molar-refractivity contribution is 9.51. The van der Waals surface area contributed by atoms with E-state index >= 15 is 0 Å². The molecule has 8 heavy (non-hydrogen) atoms. The molecule has 1 heterocycles. The molecule has 1 saturated heterocycles. The van der Waals surface area contributed by atoms with Crippen molar-refractivity contribution in [3.05, 3.63) is 0 Å². The van der Waals surface area contributed by atoms with Crippen LogP contribution in [0.15, 0.2) is 0 Å². The molecule has 0 N–H and O–H groups in total. The molecule has 0 nitrogen and oxygen atoms in total. The van der Waals surface area contributed by atoms with Gasteiger partial charge in [-0.15, -0.1) is 30.6 Å². The largest absolute Gasteiger partial charge is 0.198 e. The van der Waals surface area contributed by atoms with Gasteiger partial charge in [0.15, 0.2) is 5.31 Å². The smallest absolute Gasteiger partial charge is 0.111 e. The molecule has 0 bridgehead atoms. The monoisotopic (exact) mass is 270 g/mol. The number of rotatable bonds is 0. The van der Waals surface area contributed by atoms with E-state index in [0.29, 0.717) is 0 Å². The van der Waals surface area contributed by atoms with E-state index in [2.05, 4.69) is 30.6 Å². The summed E-state index contributed by atoms with van der Waals surface area (Å²) >= 11 is 7.51. The molecule has 1 fully saturated rings. The fourth-order valence-corrected chi connectivity index (χ4v) is 10.4. The van der Waals surface area contributed by atoms with E-state index in [1.165, 1.54) is 33.7 Å². The Balaban J connectivity index is 2.33.